The summed E-state index contributed by atoms with van der Waals surface area (Å²) in [6, 6.07) is 15.6. The molecule has 0 saturated heterocycles. The van der Waals surface area contributed by atoms with Crippen molar-refractivity contribution in [1.82, 2.24) is 4.98 Å². The van der Waals surface area contributed by atoms with Crippen LogP contribution in [-0.4, -0.2) is 15.7 Å². The van der Waals surface area contributed by atoms with E-state index >= 15 is 0 Å². The Morgan fingerprint density at radius 1 is 1.03 bits per heavy atom. The molecule has 0 amide bonds. The van der Waals surface area contributed by atoms with Crippen molar-refractivity contribution in [1.29, 1.82) is 0 Å². The number of nitrogens with one attached hydrogen (secondary N) is 1. The van der Waals surface area contributed by atoms with Crippen LogP contribution in [0.15, 0.2) is 48.5 Å². The van der Waals surface area contributed by atoms with Gasteiger partial charge in [0, 0.05) is 17.6 Å². The first-order valence-electron chi connectivity index (χ1n) is 12.4. The minimum absolute atomic E-state index is 0.197. The SMILES string of the molecule is CCc1ccc(F)cc1C(C)(C)CC(O)(Cc1cc2ccccc2[nH]1)CC1CCCCC1. The van der Waals surface area contributed by atoms with E-state index in [-0.39, 0.29) is 11.2 Å². The Morgan fingerprint density at radius 3 is 2.50 bits per heavy atom. The quantitative estimate of drug-likeness (QED) is 0.378. The van der Waals surface area contributed by atoms with Gasteiger partial charge in [-0.1, -0.05) is 77.1 Å². The largest absolute Gasteiger partial charge is 0.389 e. The molecule has 1 aliphatic carbocycles. The third-order valence-electron chi connectivity index (χ3n) is 7.45. The Morgan fingerprint density at radius 2 is 1.78 bits per heavy atom. The number of aryl methyl sites for hydroxylation is 1. The molecule has 1 aromatic heterocycles. The molecule has 2 aromatic carbocycles. The van der Waals surface area contributed by atoms with Crippen LogP contribution in [0.4, 0.5) is 4.39 Å². The first kappa shape index (κ1) is 23.0. The van der Waals surface area contributed by atoms with Crippen molar-refractivity contribution in [2.45, 2.75) is 89.6 Å². The van der Waals surface area contributed by atoms with Crippen LogP contribution in [0.2, 0.25) is 0 Å². The summed E-state index contributed by atoms with van der Waals surface area (Å²) < 4.78 is 14.2. The molecule has 1 saturated carbocycles. The summed E-state index contributed by atoms with van der Waals surface area (Å²) in [5.41, 5.74) is 3.21. The Balaban J connectivity index is 1.65. The summed E-state index contributed by atoms with van der Waals surface area (Å²) in [6.07, 6.45) is 9.13. The number of fused-ring (bicyclic) bond motifs is 1. The highest BCUT2D eigenvalue weighted by Crippen LogP contribution is 2.41. The lowest BCUT2D eigenvalue weighted by Crippen LogP contribution is -2.41. The molecule has 32 heavy (non-hydrogen) atoms. The Labute approximate surface area is 192 Å². The fraction of sp³-hybridized carbons (Fsp3) is 0.517. The topological polar surface area (TPSA) is 36.0 Å². The average molecular weight is 436 g/mol. The van der Waals surface area contributed by atoms with Gasteiger partial charge >= 0.3 is 0 Å². The molecule has 0 bridgehead atoms. The summed E-state index contributed by atoms with van der Waals surface area (Å²) in [6.45, 7) is 6.45. The highest BCUT2D eigenvalue weighted by molar-refractivity contribution is 5.80. The van der Waals surface area contributed by atoms with E-state index in [2.05, 4.69) is 44.0 Å². The van der Waals surface area contributed by atoms with E-state index in [1.807, 2.05) is 18.2 Å². The summed E-state index contributed by atoms with van der Waals surface area (Å²) in [5, 5.41) is 13.3. The second-order valence-electron chi connectivity index (χ2n) is 10.7. The van der Waals surface area contributed by atoms with Crippen molar-refractivity contribution in [2.75, 3.05) is 0 Å². The lowest BCUT2D eigenvalue weighted by atomic mass is 9.68. The van der Waals surface area contributed by atoms with E-state index in [0.29, 0.717) is 18.8 Å². The first-order chi connectivity index (χ1) is 15.3. The normalized spacial score (nSPS) is 17.5. The highest BCUT2D eigenvalue weighted by atomic mass is 19.1. The van der Waals surface area contributed by atoms with Gasteiger partial charge < -0.3 is 10.1 Å². The molecular weight excluding hydrogens is 397 g/mol. The van der Waals surface area contributed by atoms with E-state index < -0.39 is 5.60 Å². The molecule has 4 rings (SSSR count). The number of para-hydroxylation sites is 1. The van der Waals surface area contributed by atoms with Crippen LogP contribution in [0.25, 0.3) is 10.9 Å². The van der Waals surface area contributed by atoms with Gasteiger partial charge in [-0.2, -0.15) is 0 Å². The van der Waals surface area contributed by atoms with E-state index in [1.165, 1.54) is 43.1 Å². The number of aromatic amines is 1. The predicted octanol–water partition coefficient (Wildman–Crippen LogP) is 7.48. The van der Waals surface area contributed by atoms with Gasteiger partial charge in [0.25, 0.3) is 0 Å². The number of hydrogen-bond acceptors (Lipinski definition) is 1. The lowest BCUT2D eigenvalue weighted by Gasteiger charge is -2.40. The van der Waals surface area contributed by atoms with Crippen molar-refractivity contribution in [3.63, 3.8) is 0 Å². The molecule has 1 fully saturated rings. The monoisotopic (exact) mass is 435 g/mol. The number of rotatable bonds is 8. The second kappa shape index (κ2) is 9.39. The maximum Gasteiger partial charge on any atom is 0.123 e. The third-order valence-corrected chi connectivity index (χ3v) is 7.45. The molecule has 2 N–H and O–H groups in total. The van der Waals surface area contributed by atoms with Crippen LogP contribution in [-0.2, 0) is 18.3 Å². The summed E-state index contributed by atoms with van der Waals surface area (Å²) >= 11 is 0. The number of hydrogen-bond donors (Lipinski definition) is 2. The fourth-order valence-corrected chi connectivity index (χ4v) is 6.12. The van der Waals surface area contributed by atoms with E-state index in [0.717, 1.165) is 29.6 Å². The van der Waals surface area contributed by atoms with Gasteiger partial charge in [0.15, 0.2) is 0 Å². The smallest absolute Gasteiger partial charge is 0.123 e. The molecule has 1 atom stereocenters. The molecule has 3 heteroatoms. The average Bonchev–Trinajstić information content (AvgIpc) is 3.15. The number of aliphatic hydroxyl groups is 1. The third kappa shape index (κ3) is 5.26. The molecule has 0 spiro atoms. The molecule has 2 nitrogen and oxygen atoms in total. The van der Waals surface area contributed by atoms with Gasteiger partial charge in [-0.05, 0) is 71.4 Å². The summed E-state index contributed by atoms with van der Waals surface area (Å²) in [5.74, 6) is 0.365. The second-order valence-corrected chi connectivity index (χ2v) is 10.7. The van der Waals surface area contributed by atoms with Crippen LogP contribution in [0.5, 0.6) is 0 Å². The molecule has 1 aliphatic rings. The highest BCUT2D eigenvalue weighted by Gasteiger charge is 2.39. The molecule has 172 valence electrons. The van der Waals surface area contributed by atoms with E-state index in [9.17, 15) is 9.50 Å². The molecule has 3 aromatic rings. The minimum atomic E-state index is -0.844. The fourth-order valence-electron chi connectivity index (χ4n) is 6.12. The van der Waals surface area contributed by atoms with Crippen LogP contribution in [0, 0.1) is 11.7 Å². The van der Waals surface area contributed by atoms with Crippen molar-refractivity contribution in [3.05, 3.63) is 71.2 Å². The van der Waals surface area contributed by atoms with Crippen LogP contribution < -0.4 is 0 Å². The maximum absolute atomic E-state index is 14.2. The van der Waals surface area contributed by atoms with Crippen molar-refractivity contribution in [2.24, 2.45) is 5.92 Å². The predicted molar refractivity (Wildman–Crippen MR) is 132 cm³/mol. The van der Waals surface area contributed by atoms with E-state index in [1.54, 1.807) is 12.1 Å². The molecular formula is C29H38FNO. The van der Waals surface area contributed by atoms with E-state index in [4.69, 9.17) is 0 Å². The van der Waals surface area contributed by atoms with Gasteiger partial charge in [-0.25, -0.2) is 4.39 Å². The molecule has 0 radical (unpaired) electrons. The number of H-pyrrole nitrogens is 1. The zero-order valence-electron chi connectivity index (χ0n) is 19.9. The van der Waals surface area contributed by atoms with Crippen molar-refractivity contribution in [3.8, 4) is 0 Å². The number of benzene rings is 2. The Hall–Kier alpha value is -2.13. The number of halogens is 1. The van der Waals surface area contributed by atoms with Gasteiger partial charge in [-0.15, -0.1) is 0 Å². The standard InChI is InChI=1S/C29H38FNO/c1-4-22-14-15-24(30)17-26(22)28(2,3)20-29(32,18-21-10-6-5-7-11-21)19-25-16-23-12-8-9-13-27(23)31-25/h8-9,12-17,21,31-32H,4-7,10-11,18-20H2,1-3H3. The van der Waals surface area contributed by atoms with Gasteiger partial charge in [0.05, 0.1) is 5.60 Å². The summed E-state index contributed by atoms with van der Waals surface area (Å²) in [7, 11) is 0. The number of aromatic nitrogens is 1. The molecule has 0 aliphatic heterocycles. The molecule has 1 unspecified atom stereocenters. The van der Waals surface area contributed by atoms with Crippen molar-refractivity contribution < 1.29 is 9.50 Å². The van der Waals surface area contributed by atoms with Gasteiger partial charge in [-0.3, -0.25) is 0 Å². The Bertz CT molecular complexity index is 1010. The van der Waals surface area contributed by atoms with Crippen LogP contribution in [0.3, 0.4) is 0 Å². The first-order valence-corrected chi connectivity index (χ1v) is 12.4. The molecule has 1 heterocycles. The summed E-state index contributed by atoms with van der Waals surface area (Å²) in [4.78, 5) is 3.53. The minimum Gasteiger partial charge on any atom is -0.389 e. The zero-order valence-corrected chi connectivity index (χ0v) is 19.9. The Kier molecular flexibility index (Phi) is 6.76. The van der Waals surface area contributed by atoms with Crippen molar-refractivity contribution >= 4 is 10.9 Å². The zero-order chi connectivity index (χ0) is 22.8. The van der Waals surface area contributed by atoms with Gasteiger partial charge in [0.2, 0.25) is 0 Å². The lowest BCUT2D eigenvalue weighted by molar-refractivity contribution is -0.0143. The van der Waals surface area contributed by atoms with Crippen LogP contribution >= 0.6 is 0 Å². The van der Waals surface area contributed by atoms with Crippen LogP contribution in [0.1, 0.15) is 82.5 Å². The van der Waals surface area contributed by atoms with Gasteiger partial charge in [0.1, 0.15) is 5.82 Å². The maximum atomic E-state index is 14.2.